The van der Waals surface area contributed by atoms with Crippen molar-refractivity contribution in [1.82, 2.24) is 9.80 Å². The third kappa shape index (κ3) is 7.19. The summed E-state index contributed by atoms with van der Waals surface area (Å²) >= 11 is 0. The third-order valence-electron chi connectivity index (χ3n) is 6.16. The molecule has 1 saturated heterocycles. The Morgan fingerprint density at radius 3 is 2.51 bits per heavy atom. The van der Waals surface area contributed by atoms with Crippen molar-refractivity contribution in [2.75, 3.05) is 46.1 Å². The number of carbonyl (C=O) groups is 4. The van der Waals surface area contributed by atoms with Gasteiger partial charge in [0.2, 0.25) is 5.91 Å². The fourth-order valence-corrected chi connectivity index (χ4v) is 4.21. The van der Waals surface area contributed by atoms with Crippen molar-refractivity contribution >= 4 is 29.7 Å². The molecule has 1 fully saturated rings. The lowest BCUT2D eigenvalue weighted by atomic mass is 10.1. The molecule has 202 valence electrons. The highest BCUT2D eigenvalue weighted by Crippen LogP contribution is 2.26. The van der Waals surface area contributed by atoms with Gasteiger partial charge in [0.25, 0.3) is 5.91 Å². The first kappa shape index (κ1) is 27.9. The first-order valence-corrected chi connectivity index (χ1v) is 12.4. The van der Waals surface area contributed by atoms with Crippen molar-refractivity contribution in [3.05, 3.63) is 29.3 Å². The molecule has 1 unspecified atom stereocenters. The normalized spacial score (nSPS) is 17.4. The first-order chi connectivity index (χ1) is 17.7. The van der Waals surface area contributed by atoms with Gasteiger partial charge in [0.15, 0.2) is 0 Å². The topological polar surface area (TPSA) is 150 Å². The Morgan fingerprint density at radius 1 is 1.14 bits per heavy atom. The van der Waals surface area contributed by atoms with Crippen LogP contribution < -0.4 is 10.5 Å². The van der Waals surface area contributed by atoms with Crippen molar-refractivity contribution in [2.45, 2.75) is 45.8 Å². The summed E-state index contributed by atoms with van der Waals surface area (Å²) in [5.74, 6) is -0.669. The quantitative estimate of drug-likeness (QED) is 0.305. The Labute approximate surface area is 215 Å². The minimum absolute atomic E-state index is 0.0587. The maximum atomic E-state index is 13.3. The minimum Gasteiger partial charge on any atom is -0.491 e. The van der Waals surface area contributed by atoms with Gasteiger partial charge in [-0.2, -0.15) is 4.99 Å². The van der Waals surface area contributed by atoms with E-state index in [0.29, 0.717) is 43.9 Å². The van der Waals surface area contributed by atoms with E-state index in [9.17, 15) is 19.2 Å². The van der Waals surface area contributed by atoms with Gasteiger partial charge in [0, 0.05) is 18.7 Å². The van der Waals surface area contributed by atoms with Crippen LogP contribution in [0.4, 0.5) is 4.79 Å². The van der Waals surface area contributed by atoms with Crippen LogP contribution in [0.2, 0.25) is 0 Å². The summed E-state index contributed by atoms with van der Waals surface area (Å²) in [6.07, 6.45) is 0.253. The molecule has 0 saturated carbocycles. The Kier molecular flexibility index (Phi) is 9.84. The second kappa shape index (κ2) is 13.0. The van der Waals surface area contributed by atoms with E-state index in [2.05, 4.69) is 4.99 Å². The standard InChI is InChI=1S/C25H34N4O8/c1-4-34-21(30)15-37-18-8-10-28(11-9-18)23(31)16(3)29-12-13-36-20-14-17(6-7-19(20)24(29)32)22(26)27-25(33)35-5-2/h6-7,14,16,18H,4-5,8-13,15H2,1-3H3,(H2,26,27,33). The number of hydrogen-bond acceptors (Lipinski definition) is 8. The monoisotopic (exact) mass is 518 g/mol. The van der Waals surface area contributed by atoms with E-state index in [0.717, 1.165) is 0 Å². The summed E-state index contributed by atoms with van der Waals surface area (Å²) in [7, 11) is 0. The third-order valence-corrected chi connectivity index (χ3v) is 6.16. The van der Waals surface area contributed by atoms with Crippen LogP contribution in [0.1, 0.15) is 49.5 Å². The van der Waals surface area contributed by atoms with Gasteiger partial charge < -0.3 is 34.5 Å². The molecule has 0 aliphatic carbocycles. The lowest BCUT2D eigenvalue weighted by molar-refractivity contribution is -0.152. The van der Waals surface area contributed by atoms with Gasteiger partial charge in [-0.05, 0) is 45.7 Å². The molecule has 1 aromatic rings. The Hall–Kier alpha value is -3.67. The van der Waals surface area contributed by atoms with Crippen LogP contribution in [0, 0.1) is 0 Å². The highest BCUT2D eigenvalue weighted by molar-refractivity contribution is 6.05. The van der Waals surface area contributed by atoms with Crippen molar-refractivity contribution in [3.8, 4) is 5.75 Å². The number of ether oxygens (including phenoxy) is 4. The summed E-state index contributed by atoms with van der Waals surface area (Å²) in [5, 5.41) is 0. The van der Waals surface area contributed by atoms with E-state index in [-0.39, 0.29) is 55.7 Å². The lowest BCUT2D eigenvalue weighted by Gasteiger charge is -2.36. The predicted molar refractivity (Wildman–Crippen MR) is 132 cm³/mol. The molecule has 0 bridgehead atoms. The molecule has 12 nitrogen and oxygen atoms in total. The SMILES string of the molecule is CCOC(=O)COC1CCN(C(=O)C(C)N2CCOc3cc(C(N)=NC(=O)OCC)ccc3C2=O)CC1. The first-order valence-electron chi connectivity index (χ1n) is 12.4. The molecule has 2 heterocycles. The van der Waals surface area contributed by atoms with E-state index < -0.39 is 18.1 Å². The van der Waals surface area contributed by atoms with Crippen LogP contribution in [-0.2, 0) is 23.8 Å². The average molecular weight is 519 g/mol. The molecular formula is C25H34N4O8. The van der Waals surface area contributed by atoms with E-state index in [1.807, 2.05) is 0 Å². The summed E-state index contributed by atoms with van der Waals surface area (Å²) in [4.78, 5) is 56.5. The zero-order chi connectivity index (χ0) is 26.9. The second-order valence-electron chi connectivity index (χ2n) is 8.57. The fraction of sp³-hybridized carbons (Fsp3) is 0.560. The molecule has 2 aliphatic heterocycles. The van der Waals surface area contributed by atoms with Crippen molar-refractivity contribution in [1.29, 1.82) is 0 Å². The van der Waals surface area contributed by atoms with Gasteiger partial charge in [-0.3, -0.25) is 9.59 Å². The van der Waals surface area contributed by atoms with Crippen LogP contribution in [0.25, 0.3) is 0 Å². The maximum absolute atomic E-state index is 13.3. The number of rotatable bonds is 8. The van der Waals surface area contributed by atoms with Crippen molar-refractivity contribution in [2.24, 2.45) is 10.7 Å². The number of aliphatic imine (C=N–C) groups is 1. The maximum Gasteiger partial charge on any atom is 0.435 e. The number of hydrogen-bond donors (Lipinski definition) is 1. The van der Waals surface area contributed by atoms with Gasteiger partial charge in [-0.25, -0.2) is 9.59 Å². The number of likely N-dealkylation sites (tertiary alicyclic amines) is 1. The van der Waals surface area contributed by atoms with Gasteiger partial charge in [-0.1, -0.05) is 6.07 Å². The van der Waals surface area contributed by atoms with Crippen LogP contribution >= 0.6 is 0 Å². The number of amides is 3. The zero-order valence-electron chi connectivity index (χ0n) is 21.4. The molecule has 3 rings (SSSR count). The molecule has 0 radical (unpaired) electrons. The molecule has 2 N–H and O–H groups in total. The van der Waals surface area contributed by atoms with E-state index in [1.54, 1.807) is 43.9 Å². The van der Waals surface area contributed by atoms with Gasteiger partial charge in [0.05, 0.1) is 31.4 Å². The molecule has 1 atom stereocenters. The van der Waals surface area contributed by atoms with Crippen molar-refractivity contribution in [3.63, 3.8) is 0 Å². The fourth-order valence-electron chi connectivity index (χ4n) is 4.21. The number of piperidine rings is 1. The van der Waals surface area contributed by atoms with Crippen LogP contribution in [0.15, 0.2) is 23.2 Å². The molecular weight excluding hydrogens is 484 g/mol. The molecule has 0 spiro atoms. The molecule has 0 aromatic heterocycles. The average Bonchev–Trinajstić information content (AvgIpc) is 3.05. The number of nitrogens with two attached hydrogens (primary N) is 1. The van der Waals surface area contributed by atoms with Crippen LogP contribution in [0.5, 0.6) is 5.75 Å². The van der Waals surface area contributed by atoms with E-state index in [1.165, 1.54) is 4.90 Å². The number of amidine groups is 1. The largest absolute Gasteiger partial charge is 0.491 e. The van der Waals surface area contributed by atoms with Gasteiger partial charge in [-0.15, -0.1) is 0 Å². The second-order valence-corrected chi connectivity index (χ2v) is 8.57. The smallest absolute Gasteiger partial charge is 0.435 e. The van der Waals surface area contributed by atoms with Crippen molar-refractivity contribution < 1.29 is 38.1 Å². The van der Waals surface area contributed by atoms with Crippen LogP contribution in [-0.4, -0.2) is 97.7 Å². The highest BCUT2D eigenvalue weighted by atomic mass is 16.6. The number of carbonyl (C=O) groups excluding carboxylic acids is 4. The minimum atomic E-state index is -0.806. The molecule has 2 aliphatic rings. The number of benzene rings is 1. The van der Waals surface area contributed by atoms with Crippen LogP contribution in [0.3, 0.4) is 0 Å². The summed E-state index contributed by atoms with van der Waals surface area (Å²) in [6.45, 7) is 6.80. The Balaban J connectivity index is 1.62. The van der Waals surface area contributed by atoms with Gasteiger partial charge >= 0.3 is 12.1 Å². The number of nitrogens with zero attached hydrogens (tertiary/aromatic N) is 3. The lowest BCUT2D eigenvalue weighted by Crippen LogP contribution is -2.52. The summed E-state index contributed by atoms with van der Waals surface area (Å²) in [5.41, 5.74) is 6.60. The molecule has 37 heavy (non-hydrogen) atoms. The zero-order valence-corrected chi connectivity index (χ0v) is 21.4. The van der Waals surface area contributed by atoms with Gasteiger partial charge in [0.1, 0.15) is 30.8 Å². The predicted octanol–water partition coefficient (Wildman–Crippen LogP) is 1.34. The Morgan fingerprint density at radius 2 is 1.84 bits per heavy atom. The Bertz CT molecular complexity index is 1040. The number of esters is 1. The molecule has 12 heteroatoms. The van der Waals surface area contributed by atoms with E-state index in [4.69, 9.17) is 24.7 Å². The summed E-state index contributed by atoms with van der Waals surface area (Å²) in [6, 6.07) is 3.95. The number of fused-ring (bicyclic) bond motifs is 1. The molecule has 3 amide bonds. The summed E-state index contributed by atoms with van der Waals surface area (Å²) < 4.78 is 21.0. The highest BCUT2D eigenvalue weighted by Gasteiger charge is 2.34. The van der Waals surface area contributed by atoms with E-state index >= 15 is 0 Å². The molecule has 1 aromatic carbocycles.